The van der Waals surface area contributed by atoms with Crippen LogP contribution in [0, 0.1) is 23.0 Å². The SMILES string of the molecule is CCN(c1nc(-c2ccc(F)cc2)c(C#N)s1)c1c2cc(N3CCNC(C(F)(F)F)C3)cc(F)c2nn1CC. The summed E-state index contributed by atoms with van der Waals surface area (Å²) in [5.41, 5.74) is 1.39. The average molecular weight is 562 g/mol. The van der Waals surface area contributed by atoms with Crippen LogP contribution < -0.4 is 15.1 Å². The molecule has 2 aromatic heterocycles. The lowest BCUT2D eigenvalue weighted by Gasteiger charge is -2.36. The molecule has 204 valence electrons. The highest BCUT2D eigenvalue weighted by atomic mass is 32.1. The Balaban J connectivity index is 1.61. The zero-order chi connectivity index (χ0) is 27.9. The third kappa shape index (κ3) is 5.02. The molecule has 1 N–H and O–H groups in total. The molecule has 39 heavy (non-hydrogen) atoms. The van der Waals surface area contributed by atoms with Crippen LogP contribution in [-0.4, -0.2) is 53.2 Å². The predicted octanol–water partition coefficient (Wildman–Crippen LogP) is 5.83. The van der Waals surface area contributed by atoms with E-state index in [1.807, 2.05) is 13.8 Å². The van der Waals surface area contributed by atoms with Gasteiger partial charge in [-0.05, 0) is 50.2 Å². The number of fused-ring (bicyclic) bond motifs is 1. The molecule has 4 aromatic rings. The Kier molecular flexibility index (Phi) is 7.17. The minimum Gasteiger partial charge on any atom is -0.368 e. The van der Waals surface area contributed by atoms with Crippen LogP contribution >= 0.6 is 11.3 Å². The van der Waals surface area contributed by atoms with Gasteiger partial charge in [-0.1, -0.05) is 11.3 Å². The zero-order valence-electron chi connectivity index (χ0n) is 21.1. The first-order valence-electron chi connectivity index (χ1n) is 12.3. The van der Waals surface area contributed by atoms with Crippen LogP contribution in [0.1, 0.15) is 18.7 Å². The van der Waals surface area contributed by atoms with E-state index in [4.69, 9.17) is 0 Å². The topological polar surface area (TPSA) is 73.0 Å². The molecule has 0 amide bonds. The fourth-order valence-electron chi connectivity index (χ4n) is 4.73. The lowest BCUT2D eigenvalue weighted by Crippen LogP contribution is -2.57. The summed E-state index contributed by atoms with van der Waals surface area (Å²) < 4.78 is 70.6. The molecule has 3 heterocycles. The highest BCUT2D eigenvalue weighted by molar-refractivity contribution is 7.16. The van der Waals surface area contributed by atoms with Gasteiger partial charge in [-0.2, -0.15) is 23.5 Å². The van der Waals surface area contributed by atoms with E-state index in [1.165, 1.54) is 23.1 Å². The van der Waals surface area contributed by atoms with Gasteiger partial charge in [-0.15, -0.1) is 0 Å². The van der Waals surface area contributed by atoms with Crippen LogP contribution in [0.4, 0.5) is 38.6 Å². The molecule has 1 atom stereocenters. The number of aromatic nitrogens is 3. The van der Waals surface area contributed by atoms with Crippen molar-refractivity contribution >= 4 is 38.9 Å². The second-order valence-corrected chi connectivity index (χ2v) is 9.97. The van der Waals surface area contributed by atoms with Crippen LogP contribution in [0.5, 0.6) is 0 Å². The molecule has 0 aliphatic carbocycles. The Morgan fingerprint density at radius 3 is 2.56 bits per heavy atom. The number of alkyl halides is 3. The molecule has 1 fully saturated rings. The van der Waals surface area contributed by atoms with Crippen molar-refractivity contribution in [3.05, 3.63) is 52.9 Å². The molecule has 0 spiro atoms. The number of halogens is 5. The molecule has 1 unspecified atom stereocenters. The van der Waals surface area contributed by atoms with E-state index in [9.17, 15) is 22.8 Å². The van der Waals surface area contributed by atoms with Gasteiger partial charge in [0.15, 0.2) is 10.9 Å². The summed E-state index contributed by atoms with van der Waals surface area (Å²) in [6, 6.07) is 8.96. The molecule has 1 aliphatic rings. The minimum absolute atomic E-state index is 0.0902. The smallest absolute Gasteiger partial charge is 0.368 e. The summed E-state index contributed by atoms with van der Waals surface area (Å²) in [6.07, 6.45) is -4.43. The number of nitrogens with one attached hydrogen (secondary N) is 1. The molecule has 1 saturated heterocycles. The zero-order valence-corrected chi connectivity index (χ0v) is 21.9. The predicted molar refractivity (Wildman–Crippen MR) is 140 cm³/mol. The average Bonchev–Trinajstić information content (AvgIpc) is 3.52. The first kappa shape index (κ1) is 26.8. The van der Waals surface area contributed by atoms with Gasteiger partial charge in [0.2, 0.25) is 0 Å². The van der Waals surface area contributed by atoms with Crippen LogP contribution in [0.2, 0.25) is 0 Å². The van der Waals surface area contributed by atoms with Crippen molar-refractivity contribution in [3.8, 4) is 17.3 Å². The first-order chi connectivity index (χ1) is 18.6. The molecule has 7 nitrogen and oxygen atoms in total. The second kappa shape index (κ2) is 10.4. The molecule has 0 radical (unpaired) electrons. The fraction of sp³-hybridized carbons (Fsp3) is 0.346. The molecule has 1 aliphatic heterocycles. The van der Waals surface area contributed by atoms with Crippen molar-refractivity contribution < 1.29 is 22.0 Å². The quantitative estimate of drug-likeness (QED) is 0.299. The maximum atomic E-state index is 15.4. The van der Waals surface area contributed by atoms with Gasteiger partial charge in [-0.3, -0.25) is 0 Å². The van der Waals surface area contributed by atoms with Gasteiger partial charge < -0.3 is 15.1 Å². The second-order valence-electron chi connectivity index (χ2n) is 8.99. The number of hydrogen-bond acceptors (Lipinski definition) is 7. The Hall–Kier alpha value is -3.76. The first-order valence-corrected chi connectivity index (χ1v) is 13.2. The van der Waals surface area contributed by atoms with Crippen LogP contribution in [-0.2, 0) is 6.54 Å². The third-order valence-corrected chi connectivity index (χ3v) is 7.61. The summed E-state index contributed by atoms with van der Waals surface area (Å²) in [5, 5.41) is 17.6. The van der Waals surface area contributed by atoms with Crippen LogP contribution in [0.3, 0.4) is 0 Å². The summed E-state index contributed by atoms with van der Waals surface area (Å²) in [5.74, 6) is -0.537. The van der Waals surface area contributed by atoms with E-state index in [1.54, 1.807) is 27.8 Å². The number of anilines is 3. The number of nitriles is 1. The van der Waals surface area contributed by atoms with Crippen LogP contribution in [0.15, 0.2) is 36.4 Å². The van der Waals surface area contributed by atoms with Gasteiger partial charge in [0.1, 0.15) is 39.8 Å². The van der Waals surface area contributed by atoms with E-state index in [0.29, 0.717) is 51.2 Å². The van der Waals surface area contributed by atoms with E-state index >= 15 is 4.39 Å². The van der Waals surface area contributed by atoms with Crippen LogP contribution in [0.25, 0.3) is 22.2 Å². The summed E-state index contributed by atoms with van der Waals surface area (Å²) in [7, 11) is 0. The van der Waals surface area contributed by atoms with Gasteiger partial charge in [0.25, 0.3) is 0 Å². The highest BCUT2D eigenvalue weighted by Gasteiger charge is 2.42. The normalized spacial score (nSPS) is 16.1. The number of thiazole rings is 1. The molecular weight excluding hydrogens is 537 g/mol. The van der Waals surface area contributed by atoms with Gasteiger partial charge >= 0.3 is 6.18 Å². The standard InChI is InChI=1S/C26H24F5N7S/c1-3-37(25-34-22(20(13-32)39-25)15-5-7-16(27)8-6-15)24-18-11-17(12-19(28)23(18)35-38(24)4-2)36-10-9-33-21(14-36)26(29,30)31/h5-8,11-12,21,33H,3-4,9-10,14H2,1-2H3. The van der Waals surface area contributed by atoms with E-state index < -0.39 is 23.9 Å². The highest BCUT2D eigenvalue weighted by Crippen LogP contribution is 2.40. The molecule has 13 heteroatoms. The largest absolute Gasteiger partial charge is 0.405 e. The summed E-state index contributed by atoms with van der Waals surface area (Å²) >= 11 is 1.14. The Morgan fingerprint density at radius 1 is 1.18 bits per heavy atom. The Morgan fingerprint density at radius 2 is 1.92 bits per heavy atom. The molecule has 0 saturated carbocycles. The maximum Gasteiger partial charge on any atom is 0.405 e. The molecule has 0 bridgehead atoms. The number of hydrogen-bond donors (Lipinski definition) is 1. The van der Waals surface area contributed by atoms with Gasteiger partial charge in [0.05, 0.1) is 0 Å². The van der Waals surface area contributed by atoms with Crippen molar-refractivity contribution in [2.75, 3.05) is 36.0 Å². The van der Waals surface area contributed by atoms with Crippen molar-refractivity contribution in [3.63, 3.8) is 0 Å². The van der Waals surface area contributed by atoms with Crippen molar-refractivity contribution in [2.24, 2.45) is 0 Å². The fourth-order valence-corrected chi connectivity index (χ4v) is 5.69. The van der Waals surface area contributed by atoms with E-state index in [-0.39, 0.29) is 25.2 Å². The summed E-state index contributed by atoms with van der Waals surface area (Å²) in [6.45, 7) is 4.53. The number of aryl methyl sites for hydroxylation is 1. The van der Waals surface area contributed by atoms with Crippen molar-refractivity contribution in [1.82, 2.24) is 20.1 Å². The number of benzene rings is 2. The minimum atomic E-state index is -4.43. The lowest BCUT2D eigenvalue weighted by molar-refractivity contribution is -0.155. The van der Waals surface area contributed by atoms with Crippen molar-refractivity contribution in [2.45, 2.75) is 32.6 Å². The number of nitrogens with zero attached hydrogens (tertiary/aromatic N) is 6. The number of rotatable bonds is 6. The third-order valence-electron chi connectivity index (χ3n) is 6.63. The Bertz CT molecular complexity index is 1540. The van der Waals surface area contributed by atoms with Gasteiger partial charge in [0, 0.05) is 49.4 Å². The summed E-state index contributed by atoms with van der Waals surface area (Å²) in [4.78, 5) is 8.33. The molecule has 2 aromatic carbocycles. The maximum absolute atomic E-state index is 15.4. The lowest BCUT2D eigenvalue weighted by atomic mass is 10.1. The van der Waals surface area contributed by atoms with E-state index in [2.05, 4.69) is 21.5 Å². The molecule has 5 rings (SSSR count). The van der Waals surface area contributed by atoms with Gasteiger partial charge in [-0.25, -0.2) is 18.4 Å². The number of piperazine rings is 1. The van der Waals surface area contributed by atoms with Crippen molar-refractivity contribution in [1.29, 1.82) is 5.26 Å². The Labute approximate surface area is 225 Å². The monoisotopic (exact) mass is 561 g/mol. The van der Waals surface area contributed by atoms with E-state index in [0.717, 1.165) is 11.3 Å². The molecular formula is C26H24F5N7S.